The molecule has 0 spiro atoms. The normalized spacial score (nSPS) is 19.3. The average Bonchev–Trinajstić information content (AvgIpc) is 3.40. The third-order valence-electron chi connectivity index (χ3n) is 4.34. The summed E-state index contributed by atoms with van der Waals surface area (Å²) in [5, 5.41) is 10.0. The Hall–Kier alpha value is -3.25. The highest BCUT2D eigenvalue weighted by molar-refractivity contribution is 7.23. The first-order chi connectivity index (χ1) is 16.5. The maximum atomic E-state index is 12.3. The number of rotatable bonds is 5. The Morgan fingerprint density at radius 1 is 1.11 bits per heavy atom. The predicted molar refractivity (Wildman–Crippen MR) is 110 cm³/mol. The minimum atomic E-state index is -5.09. The summed E-state index contributed by atoms with van der Waals surface area (Å²) in [6, 6.07) is 2.37. The fourth-order valence-corrected chi connectivity index (χ4v) is 4.42. The van der Waals surface area contributed by atoms with Crippen molar-refractivity contribution in [3.63, 3.8) is 0 Å². The monoisotopic (exact) mass is 563 g/mol. The molecule has 18 heteroatoms. The number of thiophene rings is 1. The number of carboxylic acids is 1. The molecule has 0 unspecified atom stereocenters. The number of hydrogen-bond donors (Lipinski definition) is 3. The number of carbonyl (C=O) groups is 4. The Morgan fingerprint density at radius 3 is 2.19 bits per heavy atom. The molecule has 0 aliphatic heterocycles. The quantitative estimate of drug-likeness (QED) is 0.367. The SMILES string of the molecule is COC(=O)C1(N)CC(NC(=O)c2cnc(-c3ccc(OC(=O)C(F)(F)F)s3)s2)C1.O=C(O)C(F)(F)F. The van der Waals surface area contributed by atoms with Crippen LogP contribution in [0.1, 0.15) is 22.5 Å². The van der Waals surface area contributed by atoms with Crippen LogP contribution < -0.4 is 15.8 Å². The van der Waals surface area contributed by atoms with E-state index in [-0.39, 0.29) is 28.8 Å². The highest BCUT2D eigenvalue weighted by Gasteiger charge is 2.48. The van der Waals surface area contributed by atoms with E-state index in [1.807, 2.05) is 0 Å². The third-order valence-corrected chi connectivity index (χ3v) is 6.47. The van der Waals surface area contributed by atoms with Gasteiger partial charge >= 0.3 is 30.3 Å². The number of halogens is 6. The zero-order chi connectivity index (χ0) is 27.5. The van der Waals surface area contributed by atoms with Crippen molar-refractivity contribution in [1.29, 1.82) is 0 Å². The third kappa shape index (κ3) is 7.37. The number of aromatic nitrogens is 1. The van der Waals surface area contributed by atoms with Crippen molar-refractivity contribution in [3.05, 3.63) is 23.2 Å². The Bertz CT molecular complexity index is 1140. The number of nitrogens with zero attached hydrogens (tertiary/aromatic N) is 1. The molecule has 1 saturated carbocycles. The molecule has 4 N–H and O–H groups in total. The van der Waals surface area contributed by atoms with Gasteiger partial charge in [-0.25, -0.2) is 14.6 Å². The number of esters is 2. The van der Waals surface area contributed by atoms with Gasteiger partial charge in [-0.3, -0.25) is 9.59 Å². The van der Waals surface area contributed by atoms with Crippen molar-refractivity contribution in [2.24, 2.45) is 5.73 Å². The first-order valence-corrected chi connectivity index (χ1v) is 10.9. The number of carboxylic acid groups (broad SMARTS) is 1. The number of methoxy groups -OCH3 is 1. The summed E-state index contributed by atoms with van der Waals surface area (Å²) in [5.41, 5.74) is 4.76. The highest BCUT2D eigenvalue weighted by atomic mass is 32.1. The minimum Gasteiger partial charge on any atom is -0.475 e. The van der Waals surface area contributed by atoms with E-state index >= 15 is 0 Å². The number of nitrogens with two attached hydrogens (primary N) is 1. The maximum Gasteiger partial charge on any atom is 0.491 e. The molecule has 1 amide bonds. The van der Waals surface area contributed by atoms with Crippen LogP contribution in [0.2, 0.25) is 0 Å². The zero-order valence-corrected chi connectivity index (χ0v) is 19.4. The van der Waals surface area contributed by atoms with E-state index in [9.17, 15) is 40.7 Å². The first kappa shape index (κ1) is 29.0. The molecule has 36 heavy (non-hydrogen) atoms. The van der Waals surface area contributed by atoms with Gasteiger partial charge in [0.2, 0.25) is 0 Å². The minimum absolute atomic E-state index is 0.236. The van der Waals surface area contributed by atoms with Crippen LogP contribution in [0.3, 0.4) is 0 Å². The van der Waals surface area contributed by atoms with Gasteiger partial charge in [0.15, 0.2) is 5.06 Å². The number of hydrogen-bond acceptors (Lipinski definition) is 10. The van der Waals surface area contributed by atoms with Crippen LogP contribution in [0.15, 0.2) is 18.3 Å². The number of thiazole rings is 1. The molecular weight excluding hydrogens is 548 g/mol. The lowest BCUT2D eigenvalue weighted by atomic mass is 9.73. The van der Waals surface area contributed by atoms with Gasteiger partial charge < -0.3 is 25.6 Å². The van der Waals surface area contributed by atoms with Crippen molar-refractivity contribution in [2.75, 3.05) is 7.11 Å². The highest BCUT2D eigenvalue weighted by Crippen LogP contribution is 2.36. The van der Waals surface area contributed by atoms with Crippen LogP contribution in [0.4, 0.5) is 26.3 Å². The van der Waals surface area contributed by atoms with E-state index in [4.69, 9.17) is 15.6 Å². The van der Waals surface area contributed by atoms with Crippen LogP contribution in [-0.2, 0) is 19.1 Å². The molecule has 1 aliphatic carbocycles. The van der Waals surface area contributed by atoms with Gasteiger partial charge in [-0.2, -0.15) is 26.3 Å². The number of aliphatic carboxylic acids is 1. The van der Waals surface area contributed by atoms with Gasteiger partial charge in [0.25, 0.3) is 5.91 Å². The van der Waals surface area contributed by atoms with Crippen molar-refractivity contribution >= 4 is 46.5 Å². The smallest absolute Gasteiger partial charge is 0.475 e. The van der Waals surface area contributed by atoms with Gasteiger partial charge in [-0.15, -0.1) is 11.3 Å². The molecule has 0 saturated heterocycles. The van der Waals surface area contributed by atoms with Crippen molar-refractivity contribution in [1.82, 2.24) is 10.3 Å². The van der Waals surface area contributed by atoms with Crippen LogP contribution >= 0.6 is 22.7 Å². The number of alkyl halides is 6. The molecular formula is C18H15F6N3O7S2. The van der Waals surface area contributed by atoms with E-state index in [2.05, 4.69) is 19.8 Å². The summed E-state index contributed by atoms with van der Waals surface area (Å²) >= 11 is 1.82. The van der Waals surface area contributed by atoms with Crippen LogP contribution in [-0.4, -0.2) is 64.9 Å². The fourth-order valence-electron chi connectivity index (χ4n) is 2.68. The Kier molecular flexibility index (Phi) is 8.69. The van der Waals surface area contributed by atoms with Crippen LogP contribution in [0, 0.1) is 0 Å². The van der Waals surface area contributed by atoms with Crippen molar-refractivity contribution in [3.8, 4) is 14.9 Å². The van der Waals surface area contributed by atoms with E-state index in [0.717, 1.165) is 22.7 Å². The maximum absolute atomic E-state index is 12.3. The van der Waals surface area contributed by atoms with E-state index in [0.29, 0.717) is 9.88 Å². The number of carbonyl (C=O) groups excluding carboxylic acids is 3. The molecule has 0 aromatic carbocycles. The number of ether oxygens (including phenoxy) is 2. The number of amides is 1. The lowest BCUT2D eigenvalue weighted by Gasteiger charge is -2.42. The van der Waals surface area contributed by atoms with Crippen molar-refractivity contribution in [2.45, 2.75) is 36.8 Å². The molecule has 1 fully saturated rings. The van der Waals surface area contributed by atoms with Crippen LogP contribution in [0.5, 0.6) is 5.06 Å². The fraction of sp³-hybridized carbons (Fsp3) is 0.389. The van der Waals surface area contributed by atoms with Crippen molar-refractivity contribution < 1.29 is 60.1 Å². The molecule has 3 rings (SSSR count). The second-order valence-electron chi connectivity index (χ2n) is 7.06. The average molecular weight is 563 g/mol. The molecule has 1 aliphatic rings. The molecule has 198 valence electrons. The summed E-state index contributed by atoms with van der Waals surface area (Å²) in [5.74, 6) is -6.02. The molecule has 2 aromatic rings. The van der Waals surface area contributed by atoms with Gasteiger partial charge in [-0.05, 0) is 25.0 Å². The van der Waals surface area contributed by atoms with Gasteiger partial charge in [0, 0.05) is 6.04 Å². The summed E-state index contributed by atoms with van der Waals surface area (Å²) in [6.07, 6.45) is -8.36. The molecule has 10 nitrogen and oxygen atoms in total. The lowest BCUT2D eigenvalue weighted by Crippen LogP contribution is -2.64. The summed E-state index contributed by atoms with van der Waals surface area (Å²) in [4.78, 5) is 48.4. The lowest BCUT2D eigenvalue weighted by molar-refractivity contribution is -0.192. The first-order valence-electron chi connectivity index (χ1n) is 9.29. The Balaban J connectivity index is 0.000000572. The summed E-state index contributed by atoms with van der Waals surface area (Å²) in [6.45, 7) is 0. The standard InChI is InChI=1S/C16H14F3N3O5S2.C2HF3O2/c1-26-13(24)15(20)4-7(5-15)22-11(23)9-6-21-12(29-9)8-2-3-10(28-8)27-14(25)16(17,18)19;3-2(4,5)1(6)7/h2-3,6-7H,4-5,20H2,1H3,(H,22,23);(H,6,7). The topological polar surface area (TPSA) is 158 Å². The second kappa shape index (κ2) is 10.8. The molecule has 0 bridgehead atoms. The van der Waals surface area contributed by atoms with E-state index in [1.165, 1.54) is 25.4 Å². The Labute approximate surface area is 205 Å². The Morgan fingerprint density at radius 2 is 1.69 bits per heavy atom. The molecule has 2 aromatic heterocycles. The second-order valence-corrected chi connectivity index (χ2v) is 9.14. The van der Waals surface area contributed by atoms with Gasteiger partial charge in [0.05, 0.1) is 18.2 Å². The van der Waals surface area contributed by atoms with Crippen LogP contribution in [0.25, 0.3) is 9.88 Å². The van der Waals surface area contributed by atoms with Gasteiger partial charge in [0.1, 0.15) is 15.4 Å². The predicted octanol–water partition coefficient (Wildman–Crippen LogP) is 2.74. The molecule has 2 heterocycles. The van der Waals surface area contributed by atoms with Gasteiger partial charge in [-0.1, -0.05) is 11.3 Å². The summed E-state index contributed by atoms with van der Waals surface area (Å²) in [7, 11) is 1.24. The van der Waals surface area contributed by atoms with E-state index < -0.39 is 41.7 Å². The molecule has 0 atom stereocenters. The summed E-state index contributed by atoms with van der Waals surface area (Å²) < 4.78 is 77.4. The largest absolute Gasteiger partial charge is 0.491 e. The number of nitrogens with one attached hydrogen (secondary N) is 1. The molecule has 0 radical (unpaired) electrons. The van der Waals surface area contributed by atoms with E-state index in [1.54, 1.807) is 0 Å². The zero-order valence-electron chi connectivity index (χ0n) is 17.7.